The molecule has 0 unspecified atom stereocenters. The van der Waals surface area contributed by atoms with Crippen molar-refractivity contribution in [3.05, 3.63) is 112 Å². The van der Waals surface area contributed by atoms with E-state index < -0.39 is 12.0 Å². The summed E-state index contributed by atoms with van der Waals surface area (Å²) in [6.45, 7) is 4.91. The Morgan fingerprint density at radius 1 is 1.02 bits per heavy atom. The Kier molecular flexibility index (Phi) is 10.4. The molecular weight excluding hydrogens is 721 g/mol. The van der Waals surface area contributed by atoms with Gasteiger partial charge in [0.2, 0.25) is 0 Å². The molecule has 0 spiro atoms. The maximum absolute atomic E-state index is 14.0. The molecule has 0 radical (unpaired) electrons. The molecule has 0 bridgehead atoms. The molecule has 10 nitrogen and oxygen atoms in total. The number of halogens is 1. The first-order valence-corrected chi connectivity index (χ1v) is 16.2. The summed E-state index contributed by atoms with van der Waals surface area (Å²) in [7, 11) is 2.85. The summed E-state index contributed by atoms with van der Waals surface area (Å²) in [6, 6.07) is 17.5. The number of fused-ring (bicyclic) bond motifs is 1. The van der Waals surface area contributed by atoms with Crippen molar-refractivity contribution in [3.8, 4) is 29.1 Å². The number of esters is 1. The number of methoxy groups -OCH3 is 2. The standard InChI is InChI=1S/C34H30IN3O7S/c1-5-43-26-12-11-23(16-27(26)44-6-2)30-24(33(40)42-4)18-37-34-38(30)32(39)29(46-34)15-22-13-25(35)31(28(14-22)41-3)45-19-21-9-7-20(17-36)8-10-21/h7-16,18,30H,5-6,19H2,1-4H3/b29-15+/t30-/m0/s1. The number of hydrogen-bond acceptors (Lipinski definition) is 10. The maximum atomic E-state index is 14.0. The molecule has 0 N–H and O–H groups in total. The first-order valence-electron chi connectivity index (χ1n) is 14.3. The lowest BCUT2D eigenvalue weighted by Gasteiger charge is -2.23. The molecule has 0 fully saturated rings. The number of aromatic nitrogens is 1. The number of nitriles is 1. The van der Waals surface area contributed by atoms with E-state index in [1.54, 1.807) is 49.6 Å². The second-order valence-corrected chi connectivity index (χ2v) is 12.1. The average molecular weight is 752 g/mol. The lowest BCUT2D eigenvalue weighted by Crippen LogP contribution is -2.39. The van der Waals surface area contributed by atoms with Crippen LogP contribution in [0.4, 0.5) is 0 Å². The molecule has 3 aromatic carbocycles. The van der Waals surface area contributed by atoms with Crippen molar-refractivity contribution in [1.82, 2.24) is 4.57 Å². The van der Waals surface area contributed by atoms with Crippen LogP contribution in [0.15, 0.2) is 76.2 Å². The molecule has 2 heterocycles. The summed E-state index contributed by atoms with van der Waals surface area (Å²) in [4.78, 5) is 31.8. The van der Waals surface area contributed by atoms with Crippen LogP contribution in [0.1, 0.15) is 42.1 Å². The van der Waals surface area contributed by atoms with E-state index in [-0.39, 0.29) is 17.7 Å². The smallest absolute Gasteiger partial charge is 0.337 e. The van der Waals surface area contributed by atoms with Crippen molar-refractivity contribution >= 4 is 46.0 Å². The lowest BCUT2D eigenvalue weighted by atomic mass is 9.97. The SMILES string of the molecule is CCOc1ccc([C@H]2C(C(=O)OC)=CN=c3s/c(=C/c4cc(I)c(OCc5ccc(C#N)cc5)c(OC)c4)c(=O)n32)cc1OCC. The normalized spacial score (nSPS) is 14.0. The van der Waals surface area contributed by atoms with Crippen LogP contribution in [0.3, 0.4) is 0 Å². The number of benzene rings is 3. The van der Waals surface area contributed by atoms with E-state index in [1.165, 1.54) is 29.2 Å². The van der Waals surface area contributed by atoms with Gasteiger partial charge in [-0.1, -0.05) is 29.5 Å². The molecule has 1 aliphatic heterocycles. The largest absolute Gasteiger partial charge is 0.493 e. The quantitative estimate of drug-likeness (QED) is 0.157. The third kappa shape index (κ3) is 6.80. The van der Waals surface area contributed by atoms with E-state index in [0.29, 0.717) is 56.7 Å². The van der Waals surface area contributed by atoms with Crippen LogP contribution in [-0.2, 0) is 16.1 Å². The molecule has 46 heavy (non-hydrogen) atoms. The van der Waals surface area contributed by atoms with E-state index in [2.05, 4.69) is 33.7 Å². The molecular formula is C34H30IN3O7S. The Labute approximate surface area is 282 Å². The average Bonchev–Trinajstić information content (AvgIpc) is 3.38. The summed E-state index contributed by atoms with van der Waals surface area (Å²) < 4.78 is 31.1. The van der Waals surface area contributed by atoms with Gasteiger partial charge in [-0.3, -0.25) is 9.36 Å². The highest BCUT2D eigenvalue weighted by Crippen LogP contribution is 2.36. The van der Waals surface area contributed by atoms with Crippen molar-refractivity contribution in [2.45, 2.75) is 26.5 Å². The first-order chi connectivity index (χ1) is 22.3. The Balaban J connectivity index is 1.54. The van der Waals surface area contributed by atoms with Gasteiger partial charge in [0.25, 0.3) is 5.56 Å². The lowest BCUT2D eigenvalue weighted by molar-refractivity contribution is -0.136. The molecule has 236 valence electrons. The summed E-state index contributed by atoms with van der Waals surface area (Å²) in [5.41, 5.74) is 2.75. The van der Waals surface area contributed by atoms with Crippen LogP contribution in [-0.4, -0.2) is 38.0 Å². The monoisotopic (exact) mass is 751 g/mol. The van der Waals surface area contributed by atoms with Gasteiger partial charge in [0.1, 0.15) is 6.61 Å². The third-order valence-electron chi connectivity index (χ3n) is 7.02. The number of hydrogen-bond donors (Lipinski definition) is 0. The molecule has 0 aliphatic carbocycles. The fourth-order valence-electron chi connectivity index (χ4n) is 4.93. The number of nitrogens with zero attached hydrogens (tertiary/aromatic N) is 3. The zero-order valence-electron chi connectivity index (χ0n) is 25.5. The van der Waals surface area contributed by atoms with Crippen LogP contribution >= 0.6 is 33.9 Å². The van der Waals surface area contributed by atoms with E-state index in [0.717, 1.165) is 14.7 Å². The van der Waals surface area contributed by atoms with Gasteiger partial charge in [0, 0.05) is 6.20 Å². The van der Waals surface area contributed by atoms with Crippen molar-refractivity contribution in [2.24, 2.45) is 4.99 Å². The van der Waals surface area contributed by atoms with Gasteiger partial charge in [0.15, 0.2) is 27.8 Å². The molecule has 0 saturated carbocycles. The summed E-state index contributed by atoms with van der Waals surface area (Å²) >= 11 is 3.39. The van der Waals surface area contributed by atoms with Gasteiger partial charge in [-0.15, -0.1) is 0 Å². The van der Waals surface area contributed by atoms with Crippen molar-refractivity contribution in [1.29, 1.82) is 5.26 Å². The number of thiazole rings is 1. The predicted octanol–water partition coefficient (Wildman–Crippen LogP) is 4.88. The van der Waals surface area contributed by atoms with Gasteiger partial charge < -0.3 is 23.7 Å². The fraction of sp³-hybridized carbons (Fsp3) is 0.235. The molecule has 1 atom stereocenters. The third-order valence-corrected chi connectivity index (χ3v) is 8.82. The fourth-order valence-corrected chi connectivity index (χ4v) is 6.68. The maximum Gasteiger partial charge on any atom is 0.337 e. The van der Waals surface area contributed by atoms with Crippen LogP contribution in [0.25, 0.3) is 6.08 Å². The Bertz CT molecular complexity index is 2030. The van der Waals surface area contributed by atoms with E-state index in [1.807, 2.05) is 32.0 Å². The molecule has 0 saturated heterocycles. The van der Waals surface area contributed by atoms with Crippen molar-refractivity contribution in [2.75, 3.05) is 27.4 Å². The predicted molar refractivity (Wildman–Crippen MR) is 181 cm³/mol. The van der Waals surface area contributed by atoms with Gasteiger partial charge >= 0.3 is 5.97 Å². The minimum Gasteiger partial charge on any atom is -0.493 e. The summed E-state index contributed by atoms with van der Waals surface area (Å²) in [5.74, 6) is 1.55. The van der Waals surface area contributed by atoms with Crippen molar-refractivity contribution < 1.29 is 28.5 Å². The molecule has 12 heteroatoms. The van der Waals surface area contributed by atoms with Gasteiger partial charge in [-0.05, 0) is 95.6 Å². The minimum absolute atomic E-state index is 0.216. The second kappa shape index (κ2) is 14.7. The number of rotatable bonds is 11. The molecule has 1 aliphatic rings. The number of carbonyl (C=O) groups excluding carboxylic acids is 1. The van der Waals surface area contributed by atoms with E-state index in [4.69, 9.17) is 28.9 Å². The first kappa shape index (κ1) is 32.8. The zero-order valence-corrected chi connectivity index (χ0v) is 28.5. The zero-order chi connectivity index (χ0) is 32.8. The Hall–Kier alpha value is -4.61. The highest BCUT2D eigenvalue weighted by molar-refractivity contribution is 14.1. The van der Waals surface area contributed by atoms with Gasteiger partial charge in [-0.25, -0.2) is 9.79 Å². The second-order valence-electron chi connectivity index (χ2n) is 9.88. The van der Waals surface area contributed by atoms with Crippen LogP contribution in [0.5, 0.6) is 23.0 Å². The highest BCUT2D eigenvalue weighted by Gasteiger charge is 2.31. The van der Waals surface area contributed by atoms with E-state index in [9.17, 15) is 9.59 Å². The number of ether oxygens (including phenoxy) is 5. The number of carbonyl (C=O) groups is 1. The van der Waals surface area contributed by atoms with E-state index >= 15 is 0 Å². The Morgan fingerprint density at radius 2 is 1.76 bits per heavy atom. The van der Waals surface area contributed by atoms with Crippen LogP contribution in [0.2, 0.25) is 0 Å². The molecule has 1 aromatic heterocycles. The van der Waals surface area contributed by atoms with Gasteiger partial charge in [-0.2, -0.15) is 5.26 Å². The summed E-state index contributed by atoms with van der Waals surface area (Å²) in [6.07, 6.45) is 3.22. The minimum atomic E-state index is -0.798. The van der Waals surface area contributed by atoms with Crippen molar-refractivity contribution in [3.63, 3.8) is 0 Å². The van der Waals surface area contributed by atoms with Crippen LogP contribution < -0.4 is 33.8 Å². The molecule has 0 amide bonds. The van der Waals surface area contributed by atoms with Gasteiger partial charge in [0.05, 0.1) is 58.8 Å². The molecule has 5 rings (SSSR count). The topological polar surface area (TPSA) is 121 Å². The summed E-state index contributed by atoms with van der Waals surface area (Å²) in [5, 5.41) is 9.04. The Morgan fingerprint density at radius 3 is 2.43 bits per heavy atom. The molecule has 4 aromatic rings. The van der Waals surface area contributed by atoms with Crippen LogP contribution in [0, 0.1) is 14.9 Å². The highest BCUT2D eigenvalue weighted by atomic mass is 127.